The third-order valence-corrected chi connectivity index (χ3v) is 2.81. The van der Waals surface area contributed by atoms with Crippen LogP contribution < -0.4 is 14.8 Å². The van der Waals surface area contributed by atoms with Crippen LogP contribution in [0.3, 0.4) is 0 Å². The van der Waals surface area contributed by atoms with Crippen LogP contribution in [-0.2, 0) is 13.1 Å². The van der Waals surface area contributed by atoms with Crippen LogP contribution in [0.1, 0.15) is 12.5 Å². The summed E-state index contributed by atoms with van der Waals surface area (Å²) >= 11 is 0. The number of hydrogen-bond donors (Lipinski definition) is 1. The van der Waals surface area contributed by atoms with E-state index < -0.39 is 0 Å². The van der Waals surface area contributed by atoms with Gasteiger partial charge in [-0.05, 0) is 35.0 Å². The molecule has 112 valence electrons. The summed E-state index contributed by atoms with van der Waals surface area (Å²) in [7, 11) is 1.62. The van der Waals surface area contributed by atoms with Crippen molar-refractivity contribution < 1.29 is 9.47 Å². The standard InChI is InChI=1S/C14H19N5O2/c1-4-8-19-14(16-17-18-19)15-10-11-6-7-12(20-3)13(9-11)21-5-2/h4,6-7,9H,1,5,8,10H2,2-3H3,(H,15,16,18). The molecule has 21 heavy (non-hydrogen) atoms. The van der Waals surface area contributed by atoms with Crippen LogP contribution in [0.5, 0.6) is 11.5 Å². The minimum absolute atomic E-state index is 0.558. The fraction of sp³-hybridized carbons (Fsp3) is 0.357. The van der Waals surface area contributed by atoms with Crippen molar-refractivity contribution in [2.24, 2.45) is 0 Å². The van der Waals surface area contributed by atoms with Gasteiger partial charge >= 0.3 is 0 Å². The molecule has 0 spiro atoms. The van der Waals surface area contributed by atoms with E-state index in [0.717, 1.165) is 17.1 Å². The third-order valence-electron chi connectivity index (χ3n) is 2.81. The largest absolute Gasteiger partial charge is 0.493 e. The van der Waals surface area contributed by atoms with E-state index in [1.165, 1.54) is 0 Å². The predicted molar refractivity (Wildman–Crippen MR) is 79.5 cm³/mol. The summed E-state index contributed by atoms with van der Waals surface area (Å²) in [4.78, 5) is 0. The van der Waals surface area contributed by atoms with Gasteiger partial charge in [0.05, 0.1) is 20.3 Å². The lowest BCUT2D eigenvalue weighted by Crippen LogP contribution is -2.08. The van der Waals surface area contributed by atoms with Gasteiger partial charge in [-0.3, -0.25) is 0 Å². The lowest BCUT2D eigenvalue weighted by atomic mass is 10.2. The van der Waals surface area contributed by atoms with Gasteiger partial charge in [0.25, 0.3) is 0 Å². The third kappa shape index (κ3) is 3.71. The Bertz CT molecular complexity index is 597. The highest BCUT2D eigenvalue weighted by Gasteiger charge is 2.07. The van der Waals surface area contributed by atoms with Crippen LogP contribution in [0.25, 0.3) is 0 Å². The molecule has 0 unspecified atom stereocenters. The van der Waals surface area contributed by atoms with Crippen LogP contribution in [0.4, 0.5) is 5.95 Å². The van der Waals surface area contributed by atoms with Crippen LogP contribution in [0.15, 0.2) is 30.9 Å². The highest BCUT2D eigenvalue weighted by molar-refractivity contribution is 5.43. The van der Waals surface area contributed by atoms with Crippen molar-refractivity contribution in [1.29, 1.82) is 0 Å². The summed E-state index contributed by atoms with van der Waals surface area (Å²) in [6, 6.07) is 5.79. The van der Waals surface area contributed by atoms with E-state index in [4.69, 9.17) is 9.47 Å². The fourth-order valence-electron chi connectivity index (χ4n) is 1.86. The minimum Gasteiger partial charge on any atom is -0.493 e. The number of nitrogens with one attached hydrogen (secondary N) is 1. The zero-order valence-corrected chi connectivity index (χ0v) is 12.2. The molecule has 1 aromatic heterocycles. The van der Waals surface area contributed by atoms with Gasteiger partial charge in [0, 0.05) is 6.54 Å². The molecule has 0 aliphatic rings. The van der Waals surface area contributed by atoms with Gasteiger partial charge in [0.1, 0.15) is 0 Å². The van der Waals surface area contributed by atoms with Gasteiger partial charge < -0.3 is 14.8 Å². The molecule has 7 heteroatoms. The fourth-order valence-corrected chi connectivity index (χ4v) is 1.86. The molecule has 0 radical (unpaired) electrons. The first-order valence-corrected chi connectivity index (χ1v) is 6.69. The number of nitrogens with zero attached hydrogens (tertiary/aromatic N) is 4. The molecule has 0 aliphatic carbocycles. The van der Waals surface area contributed by atoms with E-state index in [-0.39, 0.29) is 0 Å². The summed E-state index contributed by atoms with van der Waals surface area (Å²) in [6.45, 7) is 7.34. The van der Waals surface area contributed by atoms with E-state index in [2.05, 4.69) is 27.4 Å². The molecule has 0 atom stereocenters. The van der Waals surface area contributed by atoms with Gasteiger partial charge in [-0.2, -0.15) is 0 Å². The first-order valence-electron chi connectivity index (χ1n) is 6.69. The Labute approximate surface area is 123 Å². The monoisotopic (exact) mass is 289 g/mol. The molecule has 1 aromatic carbocycles. The van der Waals surface area contributed by atoms with Gasteiger partial charge in [0.15, 0.2) is 11.5 Å². The zero-order chi connectivity index (χ0) is 15.1. The Hall–Kier alpha value is -2.57. The molecular formula is C14H19N5O2. The molecule has 0 amide bonds. The Morgan fingerprint density at radius 2 is 2.24 bits per heavy atom. The topological polar surface area (TPSA) is 74.1 Å². The summed E-state index contributed by atoms with van der Waals surface area (Å²) in [5, 5.41) is 14.6. The number of rotatable bonds is 8. The van der Waals surface area contributed by atoms with E-state index in [1.807, 2.05) is 25.1 Å². The van der Waals surface area contributed by atoms with Crippen LogP contribution in [0, 0.1) is 0 Å². The normalized spacial score (nSPS) is 10.2. The second-order valence-electron chi connectivity index (χ2n) is 4.25. The average molecular weight is 289 g/mol. The van der Waals surface area contributed by atoms with Crippen molar-refractivity contribution in [3.8, 4) is 11.5 Å². The summed E-state index contributed by atoms with van der Waals surface area (Å²) in [5.74, 6) is 2.05. The lowest BCUT2D eigenvalue weighted by molar-refractivity contribution is 0.310. The molecule has 2 aromatic rings. The maximum Gasteiger partial charge on any atom is 0.243 e. The molecule has 1 heterocycles. The maximum absolute atomic E-state index is 5.56. The number of methoxy groups -OCH3 is 1. The van der Waals surface area contributed by atoms with Crippen LogP contribution in [-0.4, -0.2) is 33.9 Å². The van der Waals surface area contributed by atoms with E-state index in [9.17, 15) is 0 Å². The number of anilines is 1. The first-order chi connectivity index (χ1) is 10.3. The van der Waals surface area contributed by atoms with Crippen molar-refractivity contribution in [3.05, 3.63) is 36.4 Å². The maximum atomic E-state index is 5.56. The molecule has 1 N–H and O–H groups in total. The Kier molecular flexibility index (Phi) is 5.14. The van der Waals surface area contributed by atoms with Gasteiger partial charge in [-0.15, -0.1) is 6.58 Å². The Morgan fingerprint density at radius 3 is 2.95 bits per heavy atom. The Morgan fingerprint density at radius 1 is 1.38 bits per heavy atom. The van der Waals surface area contributed by atoms with Gasteiger partial charge in [0.2, 0.25) is 5.95 Å². The van der Waals surface area contributed by atoms with Crippen molar-refractivity contribution in [2.45, 2.75) is 20.0 Å². The number of ether oxygens (including phenoxy) is 2. The quantitative estimate of drug-likeness (QED) is 0.748. The van der Waals surface area contributed by atoms with Crippen molar-refractivity contribution in [1.82, 2.24) is 20.2 Å². The molecule has 0 saturated carbocycles. The number of allylic oxidation sites excluding steroid dienone is 1. The molecule has 0 fully saturated rings. The summed E-state index contributed by atoms with van der Waals surface area (Å²) < 4.78 is 12.5. The van der Waals surface area contributed by atoms with E-state index in [0.29, 0.717) is 25.6 Å². The summed E-state index contributed by atoms with van der Waals surface area (Å²) in [5.41, 5.74) is 1.05. The summed E-state index contributed by atoms with van der Waals surface area (Å²) in [6.07, 6.45) is 1.74. The van der Waals surface area contributed by atoms with Crippen LogP contribution >= 0.6 is 0 Å². The van der Waals surface area contributed by atoms with Gasteiger partial charge in [-0.25, -0.2) is 4.68 Å². The lowest BCUT2D eigenvalue weighted by Gasteiger charge is -2.11. The van der Waals surface area contributed by atoms with E-state index >= 15 is 0 Å². The number of hydrogen-bond acceptors (Lipinski definition) is 6. The smallest absolute Gasteiger partial charge is 0.243 e. The van der Waals surface area contributed by atoms with Crippen molar-refractivity contribution >= 4 is 5.95 Å². The molecule has 0 saturated heterocycles. The number of benzene rings is 1. The SMILES string of the molecule is C=CCn1nnnc1NCc1ccc(OC)c(OCC)c1. The number of tetrazole rings is 1. The minimum atomic E-state index is 0.558. The van der Waals surface area contributed by atoms with Crippen molar-refractivity contribution in [3.63, 3.8) is 0 Å². The molecule has 0 bridgehead atoms. The van der Waals surface area contributed by atoms with Gasteiger partial charge in [-0.1, -0.05) is 17.2 Å². The van der Waals surface area contributed by atoms with Crippen LogP contribution in [0.2, 0.25) is 0 Å². The van der Waals surface area contributed by atoms with E-state index in [1.54, 1.807) is 17.9 Å². The average Bonchev–Trinajstić information content (AvgIpc) is 2.93. The molecule has 2 rings (SSSR count). The highest BCUT2D eigenvalue weighted by Crippen LogP contribution is 2.28. The molecule has 7 nitrogen and oxygen atoms in total. The highest BCUT2D eigenvalue weighted by atomic mass is 16.5. The Balaban J connectivity index is 2.07. The van der Waals surface area contributed by atoms with Crippen molar-refractivity contribution in [2.75, 3.05) is 19.0 Å². The second kappa shape index (κ2) is 7.28. The zero-order valence-electron chi connectivity index (χ0n) is 12.2. The first kappa shape index (κ1) is 14.8. The second-order valence-corrected chi connectivity index (χ2v) is 4.25. The molecule has 0 aliphatic heterocycles. The molecular weight excluding hydrogens is 270 g/mol. The number of aromatic nitrogens is 4. The predicted octanol–water partition coefficient (Wildman–Crippen LogP) is 1.88.